The zero-order chi connectivity index (χ0) is 14.2. The number of nitrogen functional groups attached to an aromatic ring is 1. The molecular weight excluding hydrogens is 261 g/mol. The Hall–Kier alpha value is -1.73. The maximum Gasteiger partial charge on any atom is 0.391 e. The molecule has 0 atom stereocenters. The molecule has 0 aliphatic carbocycles. The van der Waals surface area contributed by atoms with Crippen molar-refractivity contribution in [3.05, 3.63) is 11.4 Å². The quantitative estimate of drug-likeness (QED) is 0.820. The number of carbonyl (C=O) groups excluding carboxylic acids is 1. The Morgan fingerprint density at radius 1 is 1.42 bits per heavy atom. The van der Waals surface area contributed by atoms with Gasteiger partial charge in [0.1, 0.15) is 0 Å². The van der Waals surface area contributed by atoms with E-state index in [2.05, 4.69) is 10.2 Å². The highest BCUT2D eigenvalue weighted by molar-refractivity contribution is 5.97. The van der Waals surface area contributed by atoms with Crippen LogP contribution in [-0.4, -0.2) is 40.3 Å². The van der Waals surface area contributed by atoms with Crippen LogP contribution in [-0.2, 0) is 0 Å². The summed E-state index contributed by atoms with van der Waals surface area (Å²) in [7, 11) is 0. The number of nitrogens with zero attached hydrogens (tertiary/aromatic N) is 2. The van der Waals surface area contributed by atoms with Crippen LogP contribution in [0.2, 0.25) is 0 Å². The Labute approximate surface area is 108 Å². The van der Waals surface area contributed by atoms with Crippen LogP contribution in [0.25, 0.3) is 0 Å². The van der Waals surface area contributed by atoms with E-state index < -0.39 is 18.0 Å². The SMILES string of the molecule is Cc1[nH]nc(C(=O)N2CCC(C(F)(F)F)CC2)c1N. The van der Waals surface area contributed by atoms with Crippen LogP contribution in [0.5, 0.6) is 0 Å². The average Bonchev–Trinajstić information content (AvgIpc) is 2.68. The monoisotopic (exact) mass is 276 g/mol. The summed E-state index contributed by atoms with van der Waals surface area (Å²) in [6.07, 6.45) is -4.33. The number of hydrogen-bond acceptors (Lipinski definition) is 3. The number of H-pyrrole nitrogens is 1. The molecule has 1 amide bonds. The van der Waals surface area contributed by atoms with Crippen molar-refractivity contribution in [2.75, 3.05) is 18.8 Å². The molecule has 2 heterocycles. The first-order valence-electron chi connectivity index (χ1n) is 5.97. The number of amides is 1. The maximum absolute atomic E-state index is 12.5. The average molecular weight is 276 g/mol. The van der Waals surface area contributed by atoms with Crippen molar-refractivity contribution in [2.24, 2.45) is 5.92 Å². The number of alkyl halides is 3. The molecule has 8 heteroatoms. The Morgan fingerprint density at radius 3 is 2.42 bits per heavy atom. The first-order valence-corrected chi connectivity index (χ1v) is 5.97. The molecule has 3 N–H and O–H groups in total. The summed E-state index contributed by atoms with van der Waals surface area (Å²) >= 11 is 0. The molecule has 19 heavy (non-hydrogen) atoms. The lowest BCUT2D eigenvalue weighted by Crippen LogP contribution is -2.42. The minimum Gasteiger partial charge on any atom is -0.395 e. The second-order valence-electron chi connectivity index (χ2n) is 4.72. The number of piperidine rings is 1. The Kier molecular flexibility index (Phi) is 3.42. The van der Waals surface area contributed by atoms with Crippen molar-refractivity contribution in [3.63, 3.8) is 0 Å². The van der Waals surface area contributed by atoms with Crippen molar-refractivity contribution in [3.8, 4) is 0 Å². The molecule has 1 aliphatic heterocycles. The molecule has 1 aromatic rings. The summed E-state index contributed by atoms with van der Waals surface area (Å²) in [6.45, 7) is 1.83. The highest BCUT2D eigenvalue weighted by Gasteiger charge is 2.42. The van der Waals surface area contributed by atoms with E-state index >= 15 is 0 Å². The third-order valence-electron chi connectivity index (χ3n) is 3.44. The van der Waals surface area contributed by atoms with Crippen molar-refractivity contribution < 1.29 is 18.0 Å². The van der Waals surface area contributed by atoms with E-state index in [0.29, 0.717) is 5.69 Å². The molecular formula is C11H15F3N4O. The minimum absolute atomic E-state index is 0.0709. The number of nitrogens with one attached hydrogen (secondary N) is 1. The van der Waals surface area contributed by atoms with Gasteiger partial charge in [-0.1, -0.05) is 0 Å². The molecule has 1 fully saturated rings. The Balaban J connectivity index is 2.02. The van der Waals surface area contributed by atoms with E-state index in [9.17, 15) is 18.0 Å². The lowest BCUT2D eigenvalue weighted by atomic mass is 9.96. The predicted molar refractivity (Wildman–Crippen MR) is 62.4 cm³/mol. The van der Waals surface area contributed by atoms with E-state index in [1.54, 1.807) is 6.92 Å². The van der Waals surface area contributed by atoms with Gasteiger partial charge in [0.2, 0.25) is 0 Å². The zero-order valence-electron chi connectivity index (χ0n) is 10.4. The second kappa shape index (κ2) is 4.75. The normalized spacial score (nSPS) is 17.8. The van der Waals surface area contributed by atoms with Crippen LogP contribution in [0.1, 0.15) is 29.0 Å². The number of carbonyl (C=O) groups is 1. The molecule has 0 bridgehead atoms. The third-order valence-corrected chi connectivity index (χ3v) is 3.44. The van der Waals surface area contributed by atoms with E-state index in [1.807, 2.05) is 0 Å². The molecule has 5 nitrogen and oxygen atoms in total. The second-order valence-corrected chi connectivity index (χ2v) is 4.72. The summed E-state index contributed by atoms with van der Waals surface area (Å²) in [5.41, 5.74) is 6.60. The summed E-state index contributed by atoms with van der Waals surface area (Å²) in [4.78, 5) is 13.4. The lowest BCUT2D eigenvalue weighted by molar-refractivity contribution is -0.183. The first kappa shape index (κ1) is 13.7. The highest BCUT2D eigenvalue weighted by atomic mass is 19.4. The summed E-state index contributed by atoms with van der Waals surface area (Å²) in [6, 6.07) is 0. The third kappa shape index (κ3) is 2.66. The number of aromatic nitrogens is 2. The summed E-state index contributed by atoms with van der Waals surface area (Å²) < 4.78 is 37.6. The number of nitrogens with two attached hydrogens (primary N) is 1. The lowest BCUT2D eigenvalue weighted by Gasteiger charge is -2.32. The van der Waals surface area contributed by atoms with Crippen molar-refractivity contribution in [1.82, 2.24) is 15.1 Å². The maximum atomic E-state index is 12.5. The molecule has 1 aliphatic rings. The smallest absolute Gasteiger partial charge is 0.391 e. The molecule has 1 aromatic heterocycles. The first-order chi connectivity index (χ1) is 8.80. The zero-order valence-corrected chi connectivity index (χ0v) is 10.4. The highest BCUT2D eigenvalue weighted by Crippen LogP contribution is 2.34. The van der Waals surface area contributed by atoms with Crippen LogP contribution in [0.3, 0.4) is 0 Å². The number of anilines is 1. The van der Waals surface area contributed by atoms with Gasteiger partial charge in [-0.2, -0.15) is 18.3 Å². The number of hydrogen-bond donors (Lipinski definition) is 2. The van der Waals surface area contributed by atoms with Gasteiger partial charge >= 0.3 is 6.18 Å². The van der Waals surface area contributed by atoms with Gasteiger partial charge in [0, 0.05) is 13.1 Å². The van der Waals surface area contributed by atoms with Gasteiger partial charge in [-0.05, 0) is 19.8 Å². The largest absolute Gasteiger partial charge is 0.395 e. The van der Waals surface area contributed by atoms with Crippen LogP contribution in [0.15, 0.2) is 0 Å². The molecule has 0 radical (unpaired) electrons. The van der Waals surface area contributed by atoms with Gasteiger partial charge in [0.25, 0.3) is 5.91 Å². The van der Waals surface area contributed by atoms with Crippen LogP contribution >= 0.6 is 0 Å². The standard InChI is InChI=1S/C11H15F3N4O/c1-6-8(15)9(17-16-6)10(19)18-4-2-7(3-5-18)11(12,13)14/h7H,2-5,15H2,1H3,(H,16,17). The predicted octanol–water partition coefficient (Wildman–Crippen LogP) is 1.71. The van der Waals surface area contributed by atoms with Gasteiger partial charge in [-0.25, -0.2) is 0 Å². The molecule has 2 rings (SSSR count). The fraction of sp³-hybridized carbons (Fsp3) is 0.636. The summed E-state index contributed by atoms with van der Waals surface area (Å²) in [5, 5.41) is 6.38. The van der Waals surface area contributed by atoms with Crippen LogP contribution in [0, 0.1) is 12.8 Å². The van der Waals surface area contributed by atoms with E-state index in [4.69, 9.17) is 5.73 Å². The van der Waals surface area contributed by atoms with Gasteiger partial charge in [-0.3, -0.25) is 9.89 Å². The Morgan fingerprint density at radius 2 is 2.00 bits per heavy atom. The topological polar surface area (TPSA) is 75.0 Å². The Bertz CT molecular complexity index is 475. The molecule has 106 valence electrons. The number of halogens is 3. The van der Waals surface area contributed by atoms with Gasteiger partial charge in [0.05, 0.1) is 17.3 Å². The van der Waals surface area contributed by atoms with E-state index in [1.165, 1.54) is 4.90 Å². The molecule has 0 unspecified atom stereocenters. The van der Waals surface area contributed by atoms with Crippen LogP contribution < -0.4 is 5.73 Å². The minimum atomic E-state index is -4.18. The number of aryl methyl sites for hydroxylation is 1. The molecule has 1 saturated heterocycles. The fourth-order valence-corrected chi connectivity index (χ4v) is 2.16. The van der Waals surface area contributed by atoms with Crippen molar-refractivity contribution >= 4 is 11.6 Å². The summed E-state index contributed by atoms with van der Waals surface area (Å²) in [5.74, 6) is -1.74. The van der Waals surface area contributed by atoms with Crippen molar-refractivity contribution in [2.45, 2.75) is 25.9 Å². The number of rotatable bonds is 1. The van der Waals surface area contributed by atoms with Gasteiger partial charge < -0.3 is 10.6 Å². The van der Waals surface area contributed by atoms with E-state index in [-0.39, 0.29) is 37.3 Å². The number of aromatic amines is 1. The molecule has 0 spiro atoms. The fourth-order valence-electron chi connectivity index (χ4n) is 2.16. The number of likely N-dealkylation sites (tertiary alicyclic amines) is 1. The molecule has 0 aromatic carbocycles. The van der Waals surface area contributed by atoms with Gasteiger partial charge in [0.15, 0.2) is 5.69 Å². The molecule has 0 saturated carbocycles. The van der Waals surface area contributed by atoms with Gasteiger partial charge in [-0.15, -0.1) is 0 Å². The van der Waals surface area contributed by atoms with E-state index in [0.717, 1.165) is 0 Å². The van der Waals surface area contributed by atoms with Crippen LogP contribution in [0.4, 0.5) is 18.9 Å². The van der Waals surface area contributed by atoms with Crippen molar-refractivity contribution in [1.29, 1.82) is 0 Å².